The van der Waals surface area contributed by atoms with E-state index in [2.05, 4.69) is 0 Å². The Morgan fingerprint density at radius 3 is 0.652 bits per heavy atom. The molecule has 66 heavy (non-hydrogen) atoms. The van der Waals surface area contributed by atoms with Crippen LogP contribution in [0.5, 0.6) is 0 Å². The molecule has 0 amide bonds. The van der Waals surface area contributed by atoms with Gasteiger partial charge in [0.1, 0.15) is 0 Å². The van der Waals surface area contributed by atoms with E-state index in [1.54, 1.807) is 0 Å². The van der Waals surface area contributed by atoms with E-state index in [0.717, 1.165) is 72.8 Å². The van der Waals surface area contributed by atoms with Gasteiger partial charge in [0, 0.05) is 53.1 Å². The van der Waals surface area contributed by atoms with Gasteiger partial charge >= 0.3 is 43.3 Å². The molecule has 0 saturated carbocycles. The zero-order chi connectivity index (χ0) is 49.5. The number of ketones is 3. The summed E-state index contributed by atoms with van der Waals surface area (Å²) in [7, 11) is -28.8. The third-order valence-electron chi connectivity index (χ3n) is 9.59. The first-order valence-electron chi connectivity index (χ1n) is 18.4. The summed E-state index contributed by atoms with van der Waals surface area (Å²) in [5, 5.41) is 0. The normalized spacial score (nSPS) is 13.6. The quantitative estimate of drug-likeness (QED) is 0.0377. The van der Waals surface area contributed by atoms with Crippen molar-refractivity contribution >= 4 is 82.0 Å². The predicted molar refractivity (Wildman–Crippen MR) is 231 cm³/mol. The Morgan fingerprint density at radius 1 is 0.364 bits per heavy atom. The monoisotopic (exact) mass is 1020 g/mol. The summed E-state index contributed by atoms with van der Waals surface area (Å²) in [6.45, 7) is 3.97. The SMILES string of the molecule is CC(=O)c1ccc(S(=O)(=O)c2ccc([N+](c3ccc(S(=O)(=O)c4ccc(C(C)=O)cc4)cc3)(c3ccc(S(=O)(=O)c4ccc(C(C)=O)cc4)cc3)S(=O)(=O)O)cc2)cc1.F[P-](F)(F)(F)(F)F. The van der Waals surface area contributed by atoms with E-state index in [1.807, 2.05) is 0 Å². The number of carbonyl (C=O) groups excluding carboxylic acids is 3. The fraction of sp³-hybridized carbons (Fsp3) is 0.0714. The molecule has 13 nitrogen and oxygen atoms in total. The van der Waals surface area contributed by atoms with E-state index in [4.69, 9.17) is 0 Å². The first-order valence-corrected chi connectivity index (χ1v) is 26.3. The molecular weight excluding hydrogens is 984 g/mol. The molecule has 0 spiro atoms. The summed E-state index contributed by atoms with van der Waals surface area (Å²) in [5.74, 6) is -0.832. The van der Waals surface area contributed by atoms with E-state index in [-0.39, 0.29) is 80.5 Å². The number of hydrogen-bond donors (Lipinski definition) is 1. The van der Waals surface area contributed by atoms with Crippen LogP contribution >= 0.6 is 7.81 Å². The zero-order valence-electron chi connectivity index (χ0n) is 34.1. The van der Waals surface area contributed by atoms with Crippen LogP contribution in [0, 0.1) is 0 Å². The average molecular weight is 1020 g/mol. The number of rotatable bonds is 13. The van der Waals surface area contributed by atoms with Gasteiger partial charge in [-0.2, -0.15) is 0 Å². The molecule has 0 aliphatic carbocycles. The van der Waals surface area contributed by atoms with Crippen LogP contribution < -0.4 is 3.89 Å². The molecule has 6 aromatic carbocycles. The van der Waals surface area contributed by atoms with Crippen LogP contribution in [0.25, 0.3) is 0 Å². The van der Waals surface area contributed by atoms with Crippen molar-refractivity contribution in [2.75, 3.05) is 0 Å². The molecule has 0 aliphatic heterocycles. The van der Waals surface area contributed by atoms with Gasteiger partial charge in [0.15, 0.2) is 34.4 Å². The Labute approximate surface area is 374 Å². The van der Waals surface area contributed by atoms with Gasteiger partial charge in [0.2, 0.25) is 29.5 Å². The maximum atomic E-state index is 13.9. The zero-order valence-corrected chi connectivity index (χ0v) is 38.2. The number of nitrogens with zero attached hydrogens (tertiary/aromatic N) is 1. The van der Waals surface area contributed by atoms with Gasteiger partial charge in [-0.3, -0.25) is 14.4 Å². The number of sulfone groups is 3. The third kappa shape index (κ3) is 11.3. The van der Waals surface area contributed by atoms with Crippen LogP contribution in [0.1, 0.15) is 51.8 Å². The minimum absolute atomic E-state index is 0.161. The standard InChI is InChI=1S/C42H33NO12S4.F6P/c1-28(44)31-4-16-37(17-5-31)56(47,48)40-22-10-34(11-23-40)43(59(53,54)55,35-12-24-41(25-13-35)57(49,50)38-18-6-32(7-19-38)29(2)45)36-14-26-42(27-15-36)58(51,52)39-20-8-33(9-21-39)30(3)46;1-7(2,3,4,5)6/h4-27H,1-3H3;/q;-1/p+1. The molecule has 0 radical (unpaired) electrons. The Hall–Kier alpha value is -5.94. The molecular formula is C42H34F6NO12PS4. The summed E-state index contributed by atoms with van der Waals surface area (Å²) in [6, 6.07) is 29.0. The van der Waals surface area contributed by atoms with Gasteiger partial charge in [-0.05, 0) is 93.6 Å². The number of carbonyl (C=O) groups is 3. The molecule has 6 aromatic rings. The van der Waals surface area contributed by atoms with Crippen LogP contribution in [0.3, 0.4) is 0 Å². The fourth-order valence-electron chi connectivity index (χ4n) is 6.37. The topological polar surface area (TPSA) is 208 Å². The maximum absolute atomic E-state index is 13.9. The molecule has 0 unspecified atom stereocenters. The van der Waals surface area contributed by atoms with E-state index in [0.29, 0.717) is 0 Å². The van der Waals surface area contributed by atoms with Crippen LogP contribution in [-0.4, -0.2) is 55.6 Å². The summed E-state index contributed by atoms with van der Waals surface area (Å²) < 4.78 is 178. The van der Waals surface area contributed by atoms with Crippen LogP contribution in [0.2, 0.25) is 0 Å². The molecule has 0 heterocycles. The van der Waals surface area contributed by atoms with Crippen LogP contribution in [-0.2, 0) is 39.8 Å². The van der Waals surface area contributed by atoms with E-state index in [1.165, 1.54) is 93.6 Å². The summed E-state index contributed by atoms with van der Waals surface area (Å²) in [5.41, 5.74) is 0.0644. The molecule has 1 N–H and O–H groups in total. The van der Waals surface area contributed by atoms with Crippen molar-refractivity contribution < 1.29 is 77.8 Å². The Morgan fingerprint density at radius 2 is 0.515 bits per heavy atom. The van der Waals surface area contributed by atoms with Gasteiger partial charge in [-0.1, -0.05) is 40.3 Å². The van der Waals surface area contributed by atoms with Crippen molar-refractivity contribution in [2.45, 2.75) is 50.1 Å². The van der Waals surface area contributed by atoms with Gasteiger partial charge in [-0.25, -0.2) is 29.8 Å². The Bertz CT molecular complexity index is 3010. The van der Waals surface area contributed by atoms with Crippen molar-refractivity contribution in [3.8, 4) is 0 Å². The minimum atomic E-state index is -10.7. The molecule has 0 bridgehead atoms. The molecule has 0 aliphatic rings. The molecule has 0 atom stereocenters. The van der Waals surface area contributed by atoms with Gasteiger partial charge in [0.05, 0.1) is 29.4 Å². The summed E-state index contributed by atoms with van der Waals surface area (Å²) in [6.07, 6.45) is 0. The average Bonchev–Trinajstić information content (AvgIpc) is 3.23. The van der Waals surface area contributed by atoms with Gasteiger partial charge < -0.3 is 0 Å². The molecule has 0 aromatic heterocycles. The predicted octanol–water partition coefficient (Wildman–Crippen LogP) is 10.9. The number of benzene rings is 6. The van der Waals surface area contributed by atoms with Gasteiger partial charge in [-0.15, -0.1) is 8.42 Å². The summed E-state index contributed by atoms with van der Waals surface area (Å²) >= 11 is 0. The van der Waals surface area contributed by atoms with E-state index in [9.17, 15) is 77.8 Å². The third-order valence-corrected chi connectivity index (χ3v) is 16.3. The molecule has 350 valence electrons. The number of hydrogen-bond acceptors (Lipinski definition) is 11. The van der Waals surface area contributed by atoms with Gasteiger partial charge in [0.25, 0.3) is 0 Å². The van der Waals surface area contributed by atoms with Crippen molar-refractivity contribution in [1.29, 1.82) is 0 Å². The summed E-state index contributed by atoms with van der Waals surface area (Å²) in [4.78, 5) is 33.9. The fourth-order valence-corrected chi connectivity index (χ4v) is 11.3. The molecule has 0 fully saturated rings. The van der Waals surface area contributed by atoms with E-state index >= 15 is 0 Å². The molecule has 24 heteroatoms. The second-order valence-corrected chi connectivity index (χ2v) is 23.5. The Kier molecular flexibility index (Phi) is 13.2. The van der Waals surface area contributed by atoms with E-state index < -0.39 is 51.5 Å². The van der Waals surface area contributed by atoms with Crippen LogP contribution in [0.15, 0.2) is 175 Å². The molecule has 6 rings (SSSR count). The van der Waals surface area contributed by atoms with Crippen molar-refractivity contribution in [2.24, 2.45) is 0 Å². The second kappa shape index (κ2) is 17.0. The first kappa shape index (κ1) is 51.1. The Balaban J connectivity index is 0.00000108. The number of halogens is 6. The van der Waals surface area contributed by atoms with Crippen LogP contribution in [0.4, 0.5) is 42.2 Å². The molecule has 0 saturated heterocycles. The first-order chi connectivity index (χ1) is 30.1. The van der Waals surface area contributed by atoms with Crippen molar-refractivity contribution in [1.82, 2.24) is 3.89 Å². The number of Topliss-reactive ketones (excluding diaryl/α,β-unsaturated/α-hetero) is 3. The number of quaternary nitrogens is 1. The van der Waals surface area contributed by atoms with Crippen molar-refractivity contribution in [3.05, 3.63) is 162 Å². The van der Waals surface area contributed by atoms with Crippen molar-refractivity contribution in [3.63, 3.8) is 0 Å². The second-order valence-electron chi connectivity index (χ2n) is 14.2.